The van der Waals surface area contributed by atoms with Crippen molar-refractivity contribution in [1.82, 2.24) is 5.32 Å². The largest absolute Gasteiger partial charge is 0.507 e. The highest BCUT2D eigenvalue weighted by Crippen LogP contribution is 2.37. The van der Waals surface area contributed by atoms with E-state index >= 15 is 0 Å². The average molecular weight is 305 g/mol. The monoisotopic (exact) mass is 305 g/mol. The highest BCUT2D eigenvalue weighted by atomic mass is 16.5. The highest BCUT2D eigenvalue weighted by Gasteiger charge is 2.25. The molecule has 3 heteroatoms. The second-order valence-electron chi connectivity index (χ2n) is 8.41. The number of nitrogens with one attached hydrogen (secondary N) is 1. The van der Waals surface area contributed by atoms with E-state index in [-0.39, 0.29) is 17.1 Å². The Hall–Kier alpha value is -1.06. The molecule has 0 saturated carbocycles. The summed E-state index contributed by atoms with van der Waals surface area (Å²) < 4.78 is 5.62. The first-order chi connectivity index (χ1) is 10.1. The van der Waals surface area contributed by atoms with E-state index in [0.717, 1.165) is 30.6 Å². The number of phenolic OH excluding ortho intramolecular Hbond substituents is 1. The minimum absolute atomic E-state index is 0.0618. The van der Waals surface area contributed by atoms with E-state index in [1.165, 1.54) is 5.56 Å². The number of phenols is 1. The molecule has 0 radical (unpaired) electrons. The lowest BCUT2D eigenvalue weighted by molar-refractivity contribution is 0.0826. The van der Waals surface area contributed by atoms with E-state index < -0.39 is 0 Å². The third kappa shape index (κ3) is 4.02. The maximum Gasteiger partial charge on any atom is 0.123 e. The quantitative estimate of drug-likeness (QED) is 0.879. The van der Waals surface area contributed by atoms with Gasteiger partial charge >= 0.3 is 0 Å². The number of hydrogen-bond donors (Lipinski definition) is 2. The molecule has 1 aliphatic heterocycles. The zero-order valence-electron chi connectivity index (χ0n) is 14.9. The lowest BCUT2D eigenvalue weighted by Gasteiger charge is -2.28. The Morgan fingerprint density at radius 2 is 1.82 bits per heavy atom. The average Bonchev–Trinajstić information content (AvgIpc) is 2.87. The third-order valence-electron chi connectivity index (χ3n) is 4.31. The second kappa shape index (κ2) is 6.21. The molecule has 0 aromatic heterocycles. The van der Waals surface area contributed by atoms with Gasteiger partial charge in [0.05, 0.1) is 0 Å². The molecule has 0 aliphatic carbocycles. The zero-order chi connectivity index (χ0) is 16.5. The first-order valence-corrected chi connectivity index (χ1v) is 8.31. The maximum atomic E-state index is 10.7. The minimum atomic E-state index is -0.0794. The summed E-state index contributed by atoms with van der Waals surface area (Å²) in [6.45, 7) is 14.5. The lowest BCUT2D eigenvalue weighted by Crippen LogP contribution is -2.28. The van der Waals surface area contributed by atoms with Gasteiger partial charge in [-0.2, -0.15) is 0 Å². The molecule has 1 atom stereocenters. The number of aromatic hydroxyl groups is 1. The summed E-state index contributed by atoms with van der Waals surface area (Å²) >= 11 is 0. The number of benzene rings is 1. The zero-order valence-corrected chi connectivity index (χ0v) is 14.9. The molecule has 1 heterocycles. The van der Waals surface area contributed by atoms with Crippen molar-refractivity contribution in [3.63, 3.8) is 0 Å². The van der Waals surface area contributed by atoms with Crippen LogP contribution in [0.4, 0.5) is 0 Å². The number of hydrogen-bond acceptors (Lipinski definition) is 3. The molecule has 0 spiro atoms. The second-order valence-corrected chi connectivity index (χ2v) is 8.41. The molecule has 2 N–H and O–H groups in total. The van der Waals surface area contributed by atoms with Gasteiger partial charge in [-0.25, -0.2) is 0 Å². The van der Waals surface area contributed by atoms with Gasteiger partial charge in [0.1, 0.15) is 12.0 Å². The van der Waals surface area contributed by atoms with Gasteiger partial charge in [-0.15, -0.1) is 0 Å². The van der Waals surface area contributed by atoms with Crippen molar-refractivity contribution in [2.24, 2.45) is 0 Å². The van der Waals surface area contributed by atoms with Crippen LogP contribution in [0.15, 0.2) is 12.1 Å². The molecule has 1 aromatic rings. The highest BCUT2D eigenvalue weighted by molar-refractivity contribution is 5.48. The van der Waals surface area contributed by atoms with E-state index in [0.29, 0.717) is 12.3 Å². The van der Waals surface area contributed by atoms with Crippen molar-refractivity contribution in [3.8, 4) is 5.75 Å². The normalized spacial score (nSPS) is 19.6. The fourth-order valence-corrected chi connectivity index (χ4v) is 2.80. The molecule has 1 aromatic carbocycles. The topological polar surface area (TPSA) is 41.5 Å². The molecule has 1 unspecified atom stereocenters. The smallest absolute Gasteiger partial charge is 0.123 e. The SMILES string of the molecule is CC(C)(C)c1cc(CNC2CCCO2)c(O)c(C(C)(C)C)c1. The van der Waals surface area contributed by atoms with Crippen molar-refractivity contribution in [2.45, 2.75) is 78.0 Å². The van der Waals surface area contributed by atoms with Crippen molar-refractivity contribution < 1.29 is 9.84 Å². The van der Waals surface area contributed by atoms with Crippen LogP contribution < -0.4 is 5.32 Å². The summed E-state index contributed by atoms with van der Waals surface area (Å²) in [5.41, 5.74) is 3.23. The van der Waals surface area contributed by atoms with Gasteiger partial charge in [0.15, 0.2) is 0 Å². The standard InChI is InChI=1S/C19H31NO2/c1-18(2,3)14-10-13(12-20-16-8-7-9-22-16)17(21)15(11-14)19(4,5)6/h10-11,16,20-21H,7-9,12H2,1-6H3. The summed E-state index contributed by atoms with van der Waals surface area (Å²) in [6, 6.07) is 4.29. The van der Waals surface area contributed by atoms with Gasteiger partial charge in [-0.05, 0) is 34.8 Å². The molecule has 1 fully saturated rings. The molecule has 2 rings (SSSR count). The predicted molar refractivity (Wildman–Crippen MR) is 91.3 cm³/mol. The number of rotatable bonds is 3. The van der Waals surface area contributed by atoms with Gasteiger partial charge in [0, 0.05) is 18.7 Å². The van der Waals surface area contributed by atoms with Crippen molar-refractivity contribution in [2.75, 3.05) is 6.61 Å². The Kier molecular flexibility index (Phi) is 4.88. The van der Waals surface area contributed by atoms with E-state index in [9.17, 15) is 5.11 Å². The summed E-state index contributed by atoms with van der Waals surface area (Å²) in [5.74, 6) is 0.422. The van der Waals surface area contributed by atoms with Crippen LogP contribution in [-0.4, -0.2) is 17.9 Å². The molecular formula is C19H31NO2. The number of ether oxygens (including phenoxy) is 1. The van der Waals surface area contributed by atoms with Gasteiger partial charge < -0.3 is 9.84 Å². The molecule has 1 saturated heterocycles. The van der Waals surface area contributed by atoms with E-state index in [2.05, 4.69) is 59.0 Å². The molecule has 22 heavy (non-hydrogen) atoms. The van der Waals surface area contributed by atoms with Gasteiger partial charge in [-0.1, -0.05) is 53.7 Å². The minimum Gasteiger partial charge on any atom is -0.507 e. The van der Waals surface area contributed by atoms with Crippen LogP contribution in [0.5, 0.6) is 5.75 Å². The Labute approximate surface area is 135 Å². The van der Waals surface area contributed by atoms with Crippen LogP contribution in [0.1, 0.15) is 71.1 Å². The third-order valence-corrected chi connectivity index (χ3v) is 4.31. The first-order valence-electron chi connectivity index (χ1n) is 8.31. The van der Waals surface area contributed by atoms with E-state index in [4.69, 9.17) is 4.74 Å². The summed E-state index contributed by atoms with van der Waals surface area (Å²) in [5, 5.41) is 14.1. The lowest BCUT2D eigenvalue weighted by atomic mass is 9.79. The van der Waals surface area contributed by atoms with Crippen LogP contribution >= 0.6 is 0 Å². The Balaban J connectivity index is 2.33. The molecular weight excluding hydrogens is 274 g/mol. The Bertz CT molecular complexity index is 517. The van der Waals surface area contributed by atoms with Crippen LogP contribution in [0.3, 0.4) is 0 Å². The van der Waals surface area contributed by atoms with Gasteiger partial charge in [-0.3, -0.25) is 5.32 Å². The van der Waals surface area contributed by atoms with Crippen LogP contribution in [0.2, 0.25) is 0 Å². The molecule has 1 aliphatic rings. The van der Waals surface area contributed by atoms with Gasteiger partial charge in [0.25, 0.3) is 0 Å². The maximum absolute atomic E-state index is 10.7. The first kappa shape index (κ1) is 17.3. The summed E-state index contributed by atoms with van der Waals surface area (Å²) in [4.78, 5) is 0. The van der Waals surface area contributed by atoms with Crippen LogP contribution in [0, 0.1) is 0 Å². The van der Waals surface area contributed by atoms with Crippen molar-refractivity contribution in [1.29, 1.82) is 0 Å². The fraction of sp³-hybridized carbons (Fsp3) is 0.684. The predicted octanol–water partition coefficient (Wildman–Crippen LogP) is 4.21. The summed E-state index contributed by atoms with van der Waals surface area (Å²) in [6.07, 6.45) is 2.28. The molecule has 0 bridgehead atoms. The molecule has 0 amide bonds. The van der Waals surface area contributed by atoms with Crippen LogP contribution in [-0.2, 0) is 22.1 Å². The fourth-order valence-electron chi connectivity index (χ4n) is 2.80. The Morgan fingerprint density at radius 1 is 1.14 bits per heavy atom. The van der Waals surface area contributed by atoms with Crippen molar-refractivity contribution in [3.05, 3.63) is 28.8 Å². The molecule has 3 nitrogen and oxygen atoms in total. The van der Waals surface area contributed by atoms with Gasteiger partial charge in [0.2, 0.25) is 0 Å². The summed E-state index contributed by atoms with van der Waals surface area (Å²) in [7, 11) is 0. The molecule has 124 valence electrons. The Morgan fingerprint density at radius 3 is 2.32 bits per heavy atom. The van der Waals surface area contributed by atoms with E-state index in [1.807, 2.05) is 0 Å². The van der Waals surface area contributed by atoms with Crippen molar-refractivity contribution >= 4 is 0 Å². The van der Waals surface area contributed by atoms with E-state index in [1.54, 1.807) is 0 Å². The van der Waals surface area contributed by atoms with Crippen LogP contribution in [0.25, 0.3) is 0 Å².